The van der Waals surface area contributed by atoms with Crippen LogP contribution in [-0.2, 0) is 23.9 Å². The number of nitrogens with zero attached hydrogens (tertiary/aromatic N) is 2. The van der Waals surface area contributed by atoms with Crippen molar-refractivity contribution in [1.82, 2.24) is 0 Å². The van der Waals surface area contributed by atoms with Crippen molar-refractivity contribution in [2.45, 2.75) is 6.42 Å². The Bertz CT molecular complexity index is 1000. The Balaban J connectivity index is 1.25. The molecule has 2 aromatic carbocycles. The predicted molar refractivity (Wildman–Crippen MR) is 123 cm³/mol. The molecule has 0 unspecified atom stereocenters. The molecule has 9 heteroatoms. The van der Waals surface area contributed by atoms with Crippen molar-refractivity contribution in [2.24, 2.45) is 5.92 Å². The summed E-state index contributed by atoms with van der Waals surface area (Å²) in [6.07, 6.45) is 0.0423. The van der Waals surface area contributed by atoms with E-state index in [1.165, 1.54) is 4.90 Å². The maximum atomic E-state index is 12.4. The molecule has 0 saturated carbocycles. The van der Waals surface area contributed by atoms with Gasteiger partial charge in [0.15, 0.2) is 6.61 Å². The molecule has 2 aliphatic heterocycles. The van der Waals surface area contributed by atoms with Gasteiger partial charge in [-0.25, -0.2) is 0 Å². The first-order valence-electron chi connectivity index (χ1n) is 10.9. The molecule has 0 radical (unpaired) electrons. The Labute approximate surface area is 192 Å². The standard InChI is InChI=1S/C24H27N3O6/c1-31-21-4-2-3-20(14-21)27-15-17(13-23(27)29)24(30)33-16-22(28)25-18-5-7-19(8-6-18)26-9-11-32-12-10-26/h2-8,14,17H,9-13,15-16H2,1H3,(H,25,28)/t17-/m1/s1. The molecule has 2 heterocycles. The van der Waals surface area contributed by atoms with Crippen molar-refractivity contribution in [2.75, 3.05) is 61.7 Å². The molecule has 2 fully saturated rings. The summed E-state index contributed by atoms with van der Waals surface area (Å²) in [4.78, 5) is 40.8. The molecule has 1 atom stereocenters. The molecule has 0 aliphatic carbocycles. The third-order valence-corrected chi connectivity index (χ3v) is 5.70. The summed E-state index contributed by atoms with van der Waals surface area (Å²) in [5.41, 5.74) is 2.34. The average Bonchev–Trinajstić information content (AvgIpc) is 3.25. The molecule has 2 amide bonds. The van der Waals surface area contributed by atoms with Gasteiger partial charge < -0.3 is 29.3 Å². The fourth-order valence-electron chi connectivity index (χ4n) is 3.92. The van der Waals surface area contributed by atoms with E-state index in [4.69, 9.17) is 14.2 Å². The Kier molecular flexibility index (Phi) is 7.09. The van der Waals surface area contributed by atoms with Gasteiger partial charge in [-0.2, -0.15) is 0 Å². The van der Waals surface area contributed by atoms with Crippen molar-refractivity contribution in [1.29, 1.82) is 0 Å². The first kappa shape index (κ1) is 22.6. The molecule has 174 valence electrons. The molecule has 4 rings (SSSR count). The number of amides is 2. The van der Waals surface area contributed by atoms with E-state index in [9.17, 15) is 14.4 Å². The second-order valence-corrected chi connectivity index (χ2v) is 7.91. The largest absolute Gasteiger partial charge is 0.497 e. The molecule has 0 bridgehead atoms. The van der Waals surface area contributed by atoms with Gasteiger partial charge in [-0.05, 0) is 36.4 Å². The quantitative estimate of drug-likeness (QED) is 0.641. The molecular formula is C24H27N3O6. The van der Waals surface area contributed by atoms with Crippen molar-refractivity contribution < 1.29 is 28.6 Å². The lowest BCUT2D eigenvalue weighted by molar-refractivity contribution is -0.151. The van der Waals surface area contributed by atoms with Gasteiger partial charge in [-0.1, -0.05) is 6.07 Å². The van der Waals surface area contributed by atoms with E-state index in [0.29, 0.717) is 30.3 Å². The van der Waals surface area contributed by atoms with E-state index in [1.54, 1.807) is 31.4 Å². The predicted octanol–water partition coefficient (Wildman–Crippen LogP) is 2.07. The number of ether oxygens (including phenoxy) is 3. The minimum absolute atomic E-state index is 0.0423. The number of rotatable bonds is 7. The monoisotopic (exact) mass is 453 g/mol. The van der Waals surface area contributed by atoms with E-state index in [-0.39, 0.29) is 18.9 Å². The zero-order chi connectivity index (χ0) is 23.2. The zero-order valence-corrected chi connectivity index (χ0v) is 18.5. The molecule has 0 aromatic heterocycles. The van der Waals surface area contributed by atoms with E-state index < -0.39 is 24.4 Å². The number of morpholine rings is 1. The van der Waals surface area contributed by atoms with Crippen LogP contribution in [0.3, 0.4) is 0 Å². The van der Waals surface area contributed by atoms with Crippen LogP contribution in [0.25, 0.3) is 0 Å². The Morgan fingerprint density at radius 3 is 2.58 bits per heavy atom. The number of methoxy groups -OCH3 is 1. The Morgan fingerprint density at radius 1 is 1.09 bits per heavy atom. The number of hydrogen-bond donors (Lipinski definition) is 1. The van der Waals surface area contributed by atoms with Gasteiger partial charge in [0.25, 0.3) is 5.91 Å². The summed E-state index contributed by atoms with van der Waals surface area (Å²) >= 11 is 0. The minimum Gasteiger partial charge on any atom is -0.497 e. The summed E-state index contributed by atoms with van der Waals surface area (Å²) in [5, 5.41) is 2.72. The van der Waals surface area contributed by atoms with Crippen LogP contribution in [-0.4, -0.2) is 64.3 Å². The van der Waals surface area contributed by atoms with Crippen LogP contribution < -0.4 is 19.9 Å². The fraction of sp³-hybridized carbons (Fsp3) is 0.375. The van der Waals surface area contributed by atoms with Crippen LogP contribution in [0, 0.1) is 5.92 Å². The SMILES string of the molecule is COc1cccc(N2C[C@H](C(=O)OCC(=O)Nc3ccc(N4CCOCC4)cc3)CC2=O)c1. The lowest BCUT2D eigenvalue weighted by Crippen LogP contribution is -2.36. The van der Waals surface area contributed by atoms with Crippen molar-refractivity contribution in [3.63, 3.8) is 0 Å². The average molecular weight is 453 g/mol. The van der Waals surface area contributed by atoms with Gasteiger partial charge in [-0.3, -0.25) is 14.4 Å². The number of esters is 1. The minimum atomic E-state index is -0.621. The summed E-state index contributed by atoms with van der Waals surface area (Å²) < 4.78 is 15.7. The van der Waals surface area contributed by atoms with E-state index in [0.717, 1.165) is 18.8 Å². The number of nitrogens with one attached hydrogen (secondary N) is 1. The van der Waals surface area contributed by atoms with Crippen LogP contribution in [0.5, 0.6) is 5.75 Å². The van der Waals surface area contributed by atoms with Crippen molar-refractivity contribution >= 4 is 34.8 Å². The van der Waals surface area contributed by atoms with Gasteiger partial charge in [0, 0.05) is 49.2 Å². The number of hydrogen-bond acceptors (Lipinski definition) is 7. The topological polar surface area (TPSA) is 97.4 Å². The lowest BCUT2D eigenvalue weighted by Gasteiger charge is -2.28. The zero-order valence-electron chi connectivity index (χ0n) is 18.5. The molecule has 33 heavy (non-hydrogen) atoms. The van der Waals surface area contributed by atoms with Gasteiger partial charge in [0.1, 0.15) is 5.75 Å². The summed E-state index contributed by atoms with van der Waals surface area (Å²) in [6, 6.07) is 14.6. The van der Waals surface area contributed by atoms with Crippen LogP contribution >= 0.6 is 0 Å². The van der Waals surface area contributed by atoms with Crippen LogP contribution in [0.15, 0.2) is 48.5 Å². The highest BCUT2D eigenvalue weighted by molar-refractivity contribution is 6.00. The highest BCUT2D eigenvalue weighted by Crippen LogP contribution is 2.28. The van der Waals surface area contributed by atoms with Crippen molar-refractivity contribution in [3.05, 3.63) is 48.5 Å². The second-order valence-electron chi connectivity index (χ2n) is 7.91. The van der Waals surface area contributed by atoms with Gasteiger partial charge in [-0.15, -0.1) is 0 Å². The molecule has 9 nitrogen and oxygen atoms in total. The summed E-state index contributed by atoms with van der Waals surface area (Å²) in [6.45, 7) is 2.87. The molecular weight excluding hydrogens is 426 g/mol. The number of benzene rings is 2. The van der Waals surface area contributed by atoms with Crippen LogP contribution in [0.1, 0.15) is 6.42 Å². The fourth-order valence-corrected chi connectivity index (χ4v) is 3.92. The van der Waals surface area contributed by atoms with Gasteiger partial charge in [0.05, 0.1) is 26.2 Å². The van der Waals surface area contributed by atoms with E-state index in [2.05, 4.69) is 10.2 Å². The molecule has 2 aliphatic rings. The molecule has 2 saturated heterocycles. The van der Waals surface area contributed by atoms with Crippen molar-refractivity contribution in [3.8, 4) is 5.75 Å². The summed E-state index contributed by atoms with van der Waals surface area (Å²) in [7, 11) is 1.55. The number of carbonyl (C=O) groups is 3. The molecule has 2 aromatic rings. The first-order valence-corrected chi connectivity index (χ1v) is 10.9. The normalized spacial score (nSPS) is 18.2. The van der Waals surface area contributed by atoms with Gasteiger partial charge >= 0.3 is 5.97 Å². The van der Waals surface area contributed by atoms with Gasteiger partial charge in [0.2, 0.25) is 5.91 Å². The Hall–Kier alpha value is -3.59. The molecule has 0 spiro atoms. The van der Waals surface area contributed by atoms with Crippen LogP contribution in [0.4, 0.5) is 17.1 Å². The van der Waals surface area contributed by atoms with E-state index >= 15 is 0 Å². The third kappa shape index (κ3) is 5.61. The highest BCUT2D eigenvalue weighted by Gasteiger charge is 2.36. The number of carbonyl (C=O) groups excluding carboxylic acids is 3. The van der Waals surface area contributed by atoms with E-state index in [1.807, 2.05) is 24.3 Å². The van der Waals surface area contributed by atoms with Crippen LogP contribution in [0.2, 0.25) is 0 Å². The maximum absolute atomic E-state index is 12.4. The Morgan fingerprint density at radius 2 is 1.85 bits per heavy atom. The highest BCUT2D eigenvalue weighted by atomic mass is 16.5. The third-order valence-electron chi connectivity index (χ3n) is 5.70. The number of anilines is 3. The smallest absolute Gasteiger partial charge is 0.311 e. The summed E-state index contributed by atoms with van der Waals surface area (Å²) in [5.74, 6) is -1.16. The first-order chi connectivity index (χ1) is 16.0. The lowest BCUT2D eigenvalue weighted by atomic mass is 10.1. The maximum Gasteiger partial charge on any atom is 0.311 e. The molecule has 1 N–H and O–H groups in total. The second kappa shape index (κ2) is 10.4.